The number of benzene rings is 3. The van der Waals surface area contributed by atoms with Crippen LogP contribution in [0.5, 0.6) is 23.3 Å². The van der Waals surface area contributed by atoms with Crippen molar-refractivity contribution in [1.82, 2.24) is 36.1 Å². The van der Waals surface area contributed by atoms with Gasteiger partial charge in [-0.2, -0.15) is 15.2 Å². The van der Waals surface area contributed by atoms with Gasteiger partial charge in [0, 0.05) is 37.7 Å². The summed E-state index contributed by atoms with van der Waals surface area (Å²) in [7, 11) is 1.41. The van der Waals surface area contributed by atoms with Gasteiger partial charge < -0.3 is 57.6 Å². The van der Waals surface area contributed by atoms with Crippen LogP contribution >= 0.6 is 0 Å². The van der Waals surface area contributed by atoms with E-state index in [0.29, 0.717) is 50.9 Å². The van der Waals surface area contributed by atoms with Crippen LogP contribution in [-0.2, 0) is 38.4 Å². The smallest absolute Gasteiger partial charge is 0.322 e. The molecule has 0 saturated carbocycles. The lowest BCUT2D eigenvalue weighted by Crippen LogP contribution is -2.56. The van der Waals surface area contributed by atoms with Gasteiger partial charge in [0.2, 0.25) is 23.6 Å². The van der Waals surface area contributed by atoms with E-state index < -0.39 is 53.7 Å². The summed E-state index contributed by atoms with van der Waals surface area (Å²) < 4.78 is 18.4. The second kappa shape index (κ2) is 26.7. The Morgan fingerprint density at radius 2 is 1.48 bits per heavy atom. The summed E-state index contributed by atoms with van der Waals surface area (Å²) in [6.45, 7) is 9.41. The van der Waals surface area contributed by atoms with E-state index in [-0.39, 0.29) is 63.8 Å². The zero-order valence-corrected chi connectivity index (χ0v) is 41.7. The molecule has 71 heavy (non-hydrogen) atoms. The molecule has 19 nitrogen and oxygen atoms in total. The van der Waals surface area contributed by atoms with Gasteiger partial charge in [0.05, 0.1) is 23.0 Å². The van der Waals surface area contributed by atoms with Gasteiger partial charge in [-0.1, -0.05) is 44.9 Å². The number of hydrogen-bond donors (Lipinski definition) is 7. The van der Waals surface area contributed by atoms with Gasteiger partial charge in [0.15, 0.2) is 0 Å². The number of aryl methyl sites for hydroxylation is 4. The Balaban J connectivity index is 1.52. The average Bonchev–Trinajstić information content (AvgIpc) is 3.34. The van der Waals surface area contributed by atoms with Crippen LogP contribution in [0, 0.1) is 25.2 Å². The molecule has 2 heterocycles. The minimum Gasteiger partial charge on any atom is -0.492 e. The zero-order chi connectivity index (χ0) is 51.6. The maximum Gasteiger partial charge on any atom is 0.322 e. The first-order valence-corrected chi connectivity index (χ1v) is 24.3. The summed E-state index contributed by atoms with van der Waals surface area (Å²) in [5, 5.41) is 20.0. The third-order valence-corrected chi connectivity index (χ3v) is 12.1. The van der Waals surface area contributed by atoms with Gasteiger partial charge in [-0.05, 0) is 118 Å². The number of aromatic nitrogens is 2. The fourth-order valence-corrected chi connectivity index (χ4v) is 8.40. The van der Waals surface area contributed by atoms with Crippen LogP contribution < -0.4 is 52.7 Å². The monoisotopic (exact) mass is 976 g/mol. The average molecular weight is 976 g/mol. The van der Waals surface area contributed by atoms with Crippen molar-refractivity contribution in [1.29, 1.82) is 5.26 Å². The second-order valence-corrected chi connectivity index (χ2v) is 17.5. The molecule has 4 bridgehead atoms. The number of unbranched alkanes of at least 4 members (excludes halogenated alkanes) is 2. The van der Waals surface area contributed by atoms with Crippen molar-refractivity contribution in [3.8, 4) is 40.5 Å². The first kappa shape index (κ1) is 54.8. The fourth-order valence-electron chi connectivity index (χ4n) is 8.40. The number of fused-ring (bicyclic) bond motifs is 5. The molecular formula is C52H69N11O8. The summed E-state index contributed by atoms with van der Waals surface area (Å²) in [5.41, 5.74) is 22.9. The molecule has 19 heteroatoms. The molecule has 0 saturated heterocycles. The van der Waals surface area contributed by atoms with E-state index in [2.05, 4.69) is 51.1 Å². The molecular weight excluding hydrogens is 907 g/mol. The number of nitrogens with zero attached hydrogens (tertiary/aromatic N) is 4. The minimum atomic E-state index is -1.42. The molecule has 0 spiro atoms. The Morgan fingerprint density at radius 1 is 0.845 bits per heavy atom. The van der Waals surface area contributed by atoms with Gasteiger partial charge in [-0.3, -0.25) is 24.0 Å². The van der Waals surface area contributed by atoms with Gasteiger partial charge >= 0.3 is 6.01 Å². The molecule has 5 rings (SSSR count). The van der Waals surface area contributed by atoms with Gasteiger partial charge in [0.1, 0.15) is 61.2 Å². The summed E-state index contributed by atoms with van der Waals surface area (Å²) in [5.74, 6) is -2.06. The Hall–Kier alpha value is -7.14. The normalized spacial score (nSPS) is 16.0. The highest BCUT2D eigenvalue weighted by Gasteiger charge is 2.36. The Morgan fingerprint density at radius 3 is 2.10 bits per heavy atom. The van der Waals surface area contributed by atoms with Crippen molar-refractivity contribution in [2.75, 3.05) is 46.4 Å². The van der Waals surface area contributed by atoms with Crippen molar-refractivity contribution in [3.63, 3.8) is 0 Å². The van der Waals surface area contributed by atoms with Crippen LogP contribution in [0.25, 0.3) is 11.1 Å². The lowest BCUT2D eigenvalue weighted by atomic mass is 9.93. The molecule has 0 fully saturated rings. The van der Waals surface area contributed by atoms with Crippen molar-refractivity contribution in [3.05, 3.63) is 93.8 Å². The first-order valence-electron chi connectivity index (χ1n) is 24.3. The highest BCUT2D eigenvalue weighted by atomic mass is 16.5. The predicted molar refractivity (Wildman–Crippen MR) is 269 cm³/mol. The van der Waals surface area contributed by atoms with Crippen LogP contribution in [0.15, 0.2) is 54.6 Å². The Kier molecular flexibility index (Phi) is 20.6. The van der Waals surface area contributed by atoms with Crippen LogP contribution in [-0.4, -0.2) is 109 Å². The number of likely N-dealkylation sites (N-methyl/N-ethyl adjacent to an activating group) is 1. The third-order valence-electron chi connectivity index (χ3n) is 12.1. The summed E-state index contributed by atoms with van der Waals surface area (Å²) in [6.07, 6.45) is 6.19. The summed E-state index contributed by atoms with van der Waals surface area (Å²) >= 11 is 0. The largest absolute Gasteiger partial charge is 0.492 e. The first-order chi connectivity index (χ1) is 34.2. The summed E-state index contributed by atoms with van der Waals surface area (Å²) in [6, 6.07) is 13.1. The van der Waals surface area contributed by atoms with Gasteiger partial charge in [-0.15, -0.1) is 0 Å². The molecule has 1 unspecified atom stereocenters. The molecule has 1 aliphatic heterocycles. The molecule has 0 aliphatic carbocycles. The maximum absolute atomic E-state index is 14.8. The molecule has 1 aliphatic rings. The van der Waals surface area contributed by atoms with E-state index >= 15 is 0 Å². The molecule has 1 aromatic heterocycles. The van der Waals surface area contributed by atoms with Crippen molar-refractivity contribution in [2.24, 2.45) is 17.2 Å². The highest BCUT2D eigenvalue weighted by molar-refractivity contribution is 6.00. The van der Waals surface area contributed by atoms with E-state index in [1.54, 1.807) is 50.2 Å². The van der Waals surface area contributed by atoms with Crippen molar-refractivity contribution in [2.45, 2.75) is 110 Å². The SMILES string of the molecule is CCCCc1ccc(Oc2nc(C)c(C(=O)NC(CCN)C(=O)N(C)[C@@H]3C(=O)N[C@@H](C)C(=O)N[C@H](C(=O)NCC#N)Cc4ccc(OCCN)c(c4)-c4cc3ccc4OCCN)c(C)n2)cc1CCCC. The number of carbonyl (C=O) groups is 5. The quantitative estimate of drug-likeness (QED) is 0.0553. The van der Waals surface area contributed by atoms with Crippen molar-refractivity contribution < 1.29 is 38.2 Å². The minimum absolute atomic E-state index is 0.00266. The number of carbonyl (C=O) groups excluding carboxylic acids is 5. The molecule has 0 radical (unpaired) electrons. The van der Waals surface area contributed by atoms with Crippen LogP contribution in [0.1, 0.15) is 103 Å². The Bertz CT molecular complexity index is 2540. The van der Waals surface area contributed by atoms with Crippen LogP contribution in [0.3, 0.4) is 0 Å². The lowest BCUT2D eigenvalue weighted by Gasteiger charge is -2.32. The summed E-state index contributed by atoms with van der Waals surface area (Å²) in [4.78, 5) is 81.1. The number of hydrogen-bond acceptors (Lipinski definition) is 14. The standard InChI is InChI=1S/C52H69N11O8/c1-7-9-11-35-14-16-38(29-36(35)12-10-8-2)71-52-59-31(3)45(32(4)60-52)49(66)61-41(19-20-53)51(68)63(6)46-37-15-18-44(70-26-23-56)40(30-37)39-27-34(13-17-43(39)69-25-22-55)28-42(48(65)57-24-21-54)62-47(64)33(5)58-50(46)67/h13-18,27,29-30,33,41-42,46H,7-12,19-20,22-26,28,53,55-56H2,1-6H3,(H,57,65)(H,58,67)(H,61,66)(H,62,64)/t33-,41?,42-,46-/m0/s1. The van der Waals surface area contributed by atoms with Crippen molar-refractivity contribution >= 4 is 29.5 Å². The number of nitrogens with one attached hydrogen (secondary N) is 4. The number of nitriles is 1. The maximum atomic E-state index is 14.8. The molecule has 380 valence electrons. The molecule has 4 aromatic rings. The van der Waals surface area contributed by atoms with E-state index in [1.807, 2.05) is 18.2 Å². The molecule has 10 N–H and O–H groups in total. The predicted octanol–water partition coefficient (Wildman–Crippen LogP) is 3.75. The van der Waals surface area contributed by atoms with E-state index in [1.165, 1.54) is 30.0 Å². The Labute approximate surface area is 416 Å². The van der Waals surface area contributed by atoms with Gasteiger partial charge in [-0.25, -0.2) is 0 Å². The second-order valence-electron chi connectivity index (χ2n) is 17.5. The molecule has 4 atom stereocenters. The molecule has 3 aromatic carbocycles. The fraction of sp³-hybridized carbons (Fsp3) is 0.462. The third kappa shape index (κ3) is 14.5. The van der Waals surface area contributed by atoms with E-state index in [0.717, 1.165) is 38.5 Å². The topological polar surface area (TPSA) is 292 Å². The van der Waals surface area contributed by atoms with Gasteiger partial charge in [0.25, 0.3) is 5.91 Å². The lowest BCUT2D eigenvalue weighted by molar-refractivity contribution is -0.141. The van der Waals surface area contributed by atoms with E-state index in [9.17, 15) is 29.2 Å². The highest BCUT2D eigenvalue weighted by Crippen LogP contribution is 2.40. The molecule has 5 amide bonds. The van der Waals surface area contributed by atoms with E-state index in [4.69, 9.17) is 31.4 Å². The van der Waals surface area contributed by atoms with Crippen LogP contribution in [0.2, 0.25) is 0 Å². The number of rotatable bonds is 22. The number of ether oxygens (including phenoxy) is 3. The zero-order valence-electron chi connectivity index (χ0n) is 41.7. The number of amides is 5. The number of nitrogens with two attached hydrogens (primary N) is 3. The van der Waals surface area contributed by atoms with Crippen LogP contribution in [0.4, 0.5) is 0 Å².